The lowest BCUT2D eigenvalue weighted by atomic mass is 10.1. The van der Waals surface area contributed by atoms with Gasteiger partial charge in [0.2, 0.25) is 0 Å². The summed E-state index contributed by atoms with van der Waals surface area (Å²) in [5.41, 5.74) is 1.86. The highest BCUT2D eigenvalue weighted by molar-refractivity contribution is 5.90. The van der Waals surface area contributed by atoms with Crippen molar-refractivity contribution in [1.29, 1.82) is 0 Å². The van der Waals surface area contributed by atoms with E-state index in [9.17, 15) is 9.59 Å². The van der Waals surface area contributed by atoms with Crippen LogP contribution in [-0.2, 0) is 9.63 Å². The number of rotatable bonds is 2. The number of hydroxylamine groups is 1. The van der Waals surface area contributed by atoms with Crippen LogP contribution in [0.3, 0.4) is 0 Å². The highest BCUT2D eigenvalue weighted by atomic mass is 16.7. The van der Waals surface area contributed by atoms with Gasteiger partial charge in [-0.25, -0.2) is 9.59 Å². The maximum Gasteiger partial charge on any atom is 0.446 e. The average molecular weight is 257 g/mol. The van der Waals surface area contributed by atoms with Gasteiger partial charge in [-0.15, -0.1) is 5.48 Å². The fourth-order valence-corrected chi connectivity index (χ4v) is 1.54. The lowest BCUT2D eigenvalue weighted by molar-refractivity contribution is -0.143. The minimum Gasteiger partial charge on any atom is -0.408 e. The molecule has 0 aliphatic heterocycles. The molecule has 2 aromatic carbocycles. The van der Waals surface area contributed by atoms with Gasteiger partial charge in [0.15, 0.2) is 0 Å². The molecule has 2 aromatic rings. The summed E-state index contributed by atoms with van der Waals surface area (Å²) in [6, 6.07) is 12.8. The van der Waals surface area contributed by atoms with Crippen molar-refractivity contribution >= 4 is 22.8 Å². The van der Waals surface area contributed by atoms with Crippen molar-refractivity contribution in [1.82, 2.24) is 5.48 Å². The number of amides is 1. The second-order valence-corrected chi connectivity index (χ2v) is 3.59. The van der Waals surface area contributed by atoms with Crippen molar-refractivity contribution in [2.75, 3.05) is 0 Å². The Balaban J connectivity index is 2.11. The first-order valence-electron chi connectivity index (χ1n) is 5.49. The summed E-state index contributed by atoms with van der Waals surface area (Å²) in [5, 5.41) is 1.73. The number of benzene rings is 2. The van der Waals surface area contributed by atoms with Gasteiger partial charge in [-0.3, -0.25) is 0 Å². The minimum atomic E-state index is -0.883. The molecule has 2 rings (SSSR count). The van der Waals surface area contributed by atoms with E-state index in [1.54, 1.807) is 12.1 Å². The third-order valence-electron chi connectivity index (χ3n) is 2.35. The summed E-state index contributed by atoms with van der Waals surface area (Å²) in [4.78, 5) is 26.6. The van der Waals surface area contributed by atoms with E-state index in [-0.39, 0.29) is 0 Å². The van der Waals surface area contributed by atoms with Crippen molar-refractivity contribution in [3.63, 3.8) is 0 Å². The molecule has 0 fully saturated rings. The van der Waals surface area contributed by atoms with Crippen LogP contribution in [0.5, 0.6) is 5.75 Å². The Morgan fingerprint density at radius 3 is 2.63 bits per heavy atom. The Kier molecular flexibility index (Phi) is 3.78. The Morgan fingerprint density at radius 2 is 1.84 bits per heavy atom. The van der Waals surface area contributed by atoms with E-state index < -0.39 is 12.1 Å². The average Bonchev–Trinajstić information content (AvgIpc) is 2.45. The van der Waals surface area contributed by atoms with Crippen LogP contribution in [0.4, 0.5) is 4.79 Å². The largest absolute Gasteiger partial charge is 0.446 e. The SMILES string of the molecule is C=CC(=O)ONC(=O)Oc1cccc2ccccc12. The van der Waals surface area contributed by atoms with Crippen LogP contribution in [0.15, 0.2) is 55.1 Å². The number of nitrogens with one attached hydrogen (secondary N) is 1. The van der Waals surface area contributed by atoms with Gasteiger partial charge in [0, 0.05) is 11.5 Å². The zero-order valence-corrected chi connectivity index (χ0v) is 9.96. The molecule has 0 saturated heterocycles. The first kappa shape index (κ1) is 12.6. The quantitative estimate of drug-likeness (QED) is 0.663. The maximum atomic E-state index is 11.4. The Morgan fingerprint density at radius 1 is 1.11 bits per heavy atom. The molecule has 0 bridgehead atoms. The van der Waals surface area contributed by atoms with Crippen LogP contribution in [0.25, 0.3) is 10.8 Å². The monoisotopic (exact) mass is 257 g/mol. The standard InChI is InChI=1S/C14H11NO4/c1-2-13(16)19-15-14(17)18-12-9-5-7-10-6-3-4-8-11(10)12/h2-9H,1H2,(H,15,17). The van der Waals surface area contributed by atoms with Gasteiger partial charge in [0.25, 0.3) is 0 Å². The number of ether oxygens (including phenoxy) is 1. The fraction of sp³-hybridized carbons (Fsp3) is 0. The first-order chi connectivity index (χ1) is 9.20. The Labute approximate surface area is 109 Å². The molecule has 0 unspecified atom stereocenters. The van der Waals surface area contributed by atoms with Crippen LogP contribution >= 0.6 is 0 Å². The molecule has 0 aromatic heterocycles. The molecule has 19 heavy (non-hydrogen) atoms. The predicted molar refractivity (Wildman–Crippen MR) is 69.4 cm³/mol. The number of hydrogen-bond donors (Lipinski definition) is 1. The number of hydrogen-bond acceptors (Lipinski definition) is 4. The van der Waals surface area contributed by atoms with Gasteiger partial charge >= 0.3 is 12.1 Å². The third-order valence-corrected chi connectivity index (χ3v) is 2.35. The van der Waals surface area contributed by atoms with E-state index in [1.165, 1.54) is 0 Å². The van der Waals surface area contributed by atoms with Crippen LogP contribution in [0, 0.1) is 0 Å². The van der Waals surface area contributed by atoms with Gasteiger partial charge in [-0.05, 0) is 11.5 Å². The van der Waals surface area contributed by atoms with E-state index in [2.05, 4.69) is 11.4 Å². The molecule has 96 valence electrons. The van der Waals surface area contributed by atoms with Gasteiger partial charge in [-0.2, -0.15) is 0 Å². The molecular formula is C14H11NO4. The predicted octanol–water partition coefficient (Wildman–Crippen LogP) is 2.57. The molecule has 0 aliphatic carbocycles. The molecule has 5 heteroatoms. The highest BCUT2D eigenvalue weighted by Gasteiger charge is 2.08. The zero-order chi connectivity index (χ0) is 13.7. The van der Waals surface area contributed by atoms with Crippen molar-refractivity contribution in [3.8, 4) is 5.75 Å². The van der Waals surface area contributed by atoms with Crippen LogP contribution < -0.4 is 10.2 Å². The summed E-state index contributed by atoms with van der Waals surface area (Å²) in [7, 11) is 0. The summed E-state index contributed by atoms with van der Waals surface area (Å²) in [6.45, 7) is 3.20. The summed E-state index contributed by atoms with van der Waals surface area (Å²) in [5.74, 6) is -0.389. The normalized spacial score (nSPS) is 9.68. The molecule has 1 amide bonds. The molecule has 0 saturated carbocycles. The van der Waals surface area contributed by atoms with E-state index in [1.807, 2.05) is 35.8 Å². The summed E-state index contributed by atoms with van der Waals surface area (Å²) in [6.07, 6.45) is 0.0459. The minimum absolute atomic E-state index is 0.380. The Bertz CT molecular complexity index is 631. The number of carbonyl (C=O) groups is 2. The molecular weight excluding hydrogens is 246 g/mol. The molecule has 0 radical (unpaired) electrons. The van der Waals surface area contributed by atoms with Crippen molar-refractivity contribution in [2.24, 2.45) is 0 Å². The van der Waals surface area contributed by atoms with Crippen LogP contribution in [0.2, 0.25) is 0 Å². The smallest absolute Gasteiger partial charge is 0.408 e. The van der Waals surface area contributed by atoms with Gasteiger partial charge in [0.1, 0.15) is 5.75 Å². The van der Waals surface area contributed by atoms with E-state index >= 15 is 0 Å². The maximum absolute atomic E-state index is 11.4. The van der Waals surface area contributed by atoms with E-state index in [0.717, 1.165) is 16.8 Å². The second-order valence-electron chi connectivity index (χ2n) is 3.59. The molecule has 0 spiro atoms. The molecule has 5 nitrogen and oxygen atoms in total. The number of carbonyl (C=O) groups excluding carboxylic acids is 2. The van der Waals surface area contributed by atoms with Gasteiger partial charge in [0.05, 0.1) is 0 Å². The van der Waals surface area contributed by atoms with E-state index in [4.69, 9.17) is 4.74 Å². The highest BCUT2D eigenvalue weighted by Crippen LogP contribution is 2.25. The lowest BCUT2D eigenvalue weighted by Crippen LogP contribution is -2.29. The van der Waals surface area contributed by atoms with E-state index in [0.29, 0.717) is 5.75 Å². The van der Waals surface area contributed by atoms with Crippen molar-refractivity contribution < 1.29 is 19.2 Å². The number of fused-ring (bicyclic) bond motifs is 1. The van der Waals surface area contributed by atoms with Crippen molar-refractivity contribution in [2.45, 2.75) is 0 Å². The van der Waals surface area contributed by atoms with Gasteiger partial charge in [-0.1, -0.05) is 43.0 Å². The third kappa shape index (κ3) is 3.10. The van der Waals surface area contributed by atoms with Crippen LogP contribution in [0.1, 0.15) is 0 Å². The second kappa shape index (κ2) is 5.68. The zero-order valence-electron chi connectivity index (χ0n) is 9.96. The topological polar surface area (TPSA) is 64.6 Å². The van der Waals surface area contributed by atoms with Crippen LogP contribution in [-0.4, -0.2) is 12.1 Å². The molecule has 1 N–H and O–H groups in total. The molecule has 0 aliphatic rings. The Hall–Kier alpha value is -2.82. The summed E-state index contributed by atoms with van der Waals surface area (Å²) >= 11 is 0. The fourth-order valence-electron chi connectivity index (χ4n) is 1.54. The lowest BCUT2D eigenvalue weighted by Gasteiger charge is -2.08. The van der Waals surface area contributed by atoms with Crippen molar-refractivity contribution in [3.05, 3.63) is 55.1 Å². The van der Waals surface area contributed by atoms with Gasteiger partial charge < -0.3 is 9.57 Å². The molecule has 0 atom stereocenters. The first-order valence-corrected chi connectivity index (χ1v) is 5.49. The molecule has 0 heterocycles. The summed E-state index contributed by atoms with van der Waals surface area (Å²) < 4.78 is 5.06.